The third kappa shape index (κ3) is 3.09. The highest BCUT2D eigenvalue weighted by molar-refractivity contribution is 8.13. The normalized spacial score (nSPS) is 10.7. The van der Waals surface area contributed by atoms with Crippen LogP contribution in [-0.2, 0) is 9.05 Å². The van der Waals surface area contributed by atoms with E-state index >= 15 is 0 Å². The second kappa shape index (κ2) is 5.20. The highest BCUT2D eigenvalue weighted by Gasteiger charge is 2.23. The van der Waals surface area contributed by atoms with Gasteiger partial charge in [-0.3, -0.25) is 10.1 Å². The first kappa shape index (κ1) is 14.2. The van der Waals surface area contributed by atoms with Crippen LogP contribution in [0.15, 0.2) is 17.0 Å². The molecule has 0 aliphatic rings. The van der Waals surface area contributed by atoms with E-state index in [1.54, 1.807) is 6.07 Å². The Balaban J connectivity index is 3.45. The van der Waals surface area contributed by atoms with Gasteiger partial charge in [-0.25, -0.2) is 8.42 Å². The Labute approximate surface area is 107 Å². The van der Waals surface area contributed by atoms with Gasteiger partial charge in [0.15, 0.2) is 12.4 Å². The molecule has 7 nitrogen and oxygen atoms in total. The molecule has 0 aliphatic carbocycles. The monoisotopic (exact) mass is 290 g/mol. The number of halogens is 1. The summed E-state index contributed by atoms with van der Waals surface area (Å²) >= 11 is 0. The van der Waals surface area contributed by atoms with E-state index in [4.69, 9.17) is 20.7 Å². The van der Waals surface area contributed by atoms with Crippen LogP contribution < -0.4 is 4.74 Å². The number of aryl methyl sites for hydroxylation is 1. The summed E-state index contributed by atoms with van der Waals surface area (Å²) in [4.78, 5) is 9.61. The van der Waals surface area contributed by atoms with E-state index in [-0.39, 0.29) is 22.8 Å². The molecule has 1 rings (SSSR count). The van der Waals surface area contributed by atoms with Crippen LogP contribution in [0.5, 0.6) is 5.75 Å². The third-order valence-electron chi connectivity index (χ3n) is 2.01. The summed E-state index contributed by atoms with van der Waals surface area (Å²) in [5, 5.41) is 19.1. The number of hydrogen-bond donors (Lipinski definition) is 0. The molecular formula is C9H7ClN2O5S. The van der Waals surface area contributed by atoms with Gasteiger partial charge in [0.1, 0.15) is 6.07 Å². The number of rotatable bonds is 4. The predicted molar refractivity (Wildman–Crippen MR) is 62.0 cm³/mol. The molecule has 0 aromatic heterocycles. The Bertz CT molecular complexity index is 635. The first-order valence-electron chi connectivity index (χ1n) is 4.51. The molecule has 0 saturated carbocycles. The van der Waals surface area contributed by atoms with Gasteiger partial charge in [-0.2, -0.15) is 5.26 Å². The molecule has 0 amide bonds. The topological polar surface area (TPSA) is 110 Å². The summed E-state index contributed by atoms with van der Waals surface area (Å²) in [5.41, 5.74) is -0.362. The molecule has 1 aromatic rings. The van der Waals surface area contributed by atoms with Gasteiger partial charge >= 0.3 is 5.69 Å². The van der Waals surface area contributed by atoms with Crippen LogP contribution in [0.3, 0.4) is 0 Å². The number of ether oxygens (including phenoxy) is 1. The van der Waals surface area contributed by atoms with Gasteiger partial charge in [-0.15, -0.1) is 0 Å². The fourth-order valence-electron chi connectivity index (χ4n) is 1.28. The average Bonchev–Trinajstić information content (AvgIpc) is 2.23. The quantitative estimate of drug-likeness (QED) is 0.474. The zero-order valence-electron chi connectivity index (χ0n) is 9.08. The Hall–Kier alpha value is -1.85. The van der Waals surface area contributed by atoms with Gasteiger partial charge in [0.05, 0.1) is 9.82 Å². The second-order valence-corrected chi connectivity index (χ2v) is 5.76. The van der Waals surface area contributed by atoms with Crippen molar-refractivity contribution >= 4 is 25.4 Å². The lowest BCUT2D eigenvalue weighted by molar-refractivity contribution is -0.386. The van der Waals surface area contributed by atoms with Crippen LogP contribution in [0.4, 0.5) is 5.69 Å². The van der Waals surface area contributed by atoms with Crippen LogP contribution in [0.1, 0.15) is 5.56 Å². The molecule has 0 N–H and O–H groups in total. The number of nitro groups is 1. The molecule has 0 heterocycles. The smallest absolute Gasteiger partial charge is 0.312 e. The summed E-state index contributed by atoms with van der Waals surface area (Å²) in [5.74, 6) is -0.178. The molecule has 0 saturated heterocycles. The van der Waals surface area contributed by atoms with Crippen molar-refractivity contribution in [2.45, 2.75) is 11.8 Å². The minimum Gasteiger partial charge on any atom is -0.472 e. The number of benzene rings is 1. The fourth-order valence-corrected chi connectivity index (χ4v) is 2.48. The van der Waals surface area contributed by atoms with Crippen molar-refractivity contribution in [3.8, 4) is 11.8 Å². The van der Waals surface area contributed by atoms with Crippen molar-refractivity contribution < 1.29 is 18.1 Å². The molecular weight excluding hydrogens is 284 g/mol. The van der Waals surface area contributed by atoms with Gasteiger partial charge in [0.2, 0.25) is 0 Å². The lowest BCUT2D eigenvalue weighted by atomic mass is 10.2. The second-order valence-electron chi connectivity index (χ2n) is 3.23. The lowest BCUT2D eigenvalue weighted by Crippen LogP contribution is -2.02. The molecule has 0 radical (unpaired) electrons. The minimum atomic E-state index is -4.08. The van der Waals surface area contributed by atoms with E-state index in [9.17, 15) is 18.5 Å². The highest BCUT2D eigenvalue weighted by Crippen LogP contribution is 2.33. The van der Waals surface area contributed by atoms with E-state index in [2.05, 4.69) is 0 Å². The van der Waals surface area contributed by atoms with Crippen molar-refractivity contribution in [2.75, 3.05) is 6.61 Å². The number of hydrogen-bond acceptors (Lipinski definition) is 6. The Morgan fingerprint density at radius 2 is 2.17 bits per heavy atom. The van der Waals surface area contributed by atoms with E-state index in [1.165, 1.54) is 6.92 Å². The molecule has 0 atom stereocenters. The first-order chi connectivity index (χ1) is 8.27. The van der Waals surface area contributed by atoms with Crippen molar-refractivity contribution in [3.05, 3.63) is 27.8 Å². The molecule has 0 bridgehead atoms. The fraction of sp³-hybridized carbons (Fsp3) is 0.222. The summed E-state index contributed by atoms with van der Waals surface area (Å²) in [6.07, 6.45) is 0. The summed E-state index contributed by atoms with van der Waals surface area (Å²) in [6, 6.07) is 3.62. The van der Waals surface area contributed by atoms with E-state index in [0.717, 1.165) is 12.1 Å². The van der Waals surface area contributed by atoms with E-state index < -0.39 is 19.7 Å². The van der Waals surface area contributed by atoms with Gasteiger partial charge in [-0.05, 0) is 18.6 Å². The molecule has 0 unspecified atom stereocenters. The zero-order valence-corrected chi connectivity index (χ0v) is 10.7. The number of nitrogens with zero attached hydrogens (tertiary/aromatic N) is 2. The third-order valence-corrected chi connectivity index (χ3v) is 3.47. The lowest BCUT2D eigenvalue weighted by Gasteiger charge is -2.07. The van der Waals surface area contributed by atoms with Crippen LogP contribution >= 0.6 is 10.7 Å². The maximum absolute atomic E-state index is 11.2. The van der Waals surface area contributed by atoms with Gasteiger partial charge < -0.3 is 4.74 Å². The standard InChI is InChI=1S/C9H7ClN2O5S/c1-6-4-8(17-3-2-11)7(12(13)14)5-9(6)18(10,15)16/h4-5H,3H2,1H3. The van der Waals surface area contributed by atoms with E-state index in [1.807, 2.05) is 0 Å². The summed E-state index contributed by atoms with van der Waals surface area (Å²) < 4.78 is 27.3. The summed E-state index contributed by atoms with van der Waals surface area (Å²) in [7, 11) is 1.07. The van der Waals surface area contributed by atoms with Crippen LogP contribution in [0.25, 0.3) is 0 Å². The number of nitro benzene ring substituents is 1. The Kier molecular flexibility index (Phi) is 4.11. The molecule has 9 heteroatoms. The molecule has 1 aromatic carbocycles. The summed E-state index contributed by atoms with van der Waals surface area (Å²) in [6.45, 7) is 1.03. The molecule has 18 heavy (non-hydrogen) atoms. The van der Waals surface area contributed by atoms with Crippen LogP contribution in [-0.4, -0.2) is 19.9 Å². The van der Waals surface area contributed by atoms with Gasteiger partial charge in [0, 0.05) is 16.7 Å². The molecule has 0 aliphatic heterocycles. The average molecular weight is 291 g/mol. The number of nitriles is 1. The van der Waals surface area contributed by atoms with Gasteiger partial charge in [0.25, 0.3) is 9.05 Å². The van der Waals surface area contributed by atoms with Crippen LogP contribution in [0.2, 0.25) is 0 Å². The van der Waals surface area contributed by atoms with Crippen molar-refractivity contribution in [2.24, 2.45) is 0 Å². The SMILES string of the molecule is Cc1cc(OCC#N)c([N+](=O)[O-])cc1S(=O)(=O)Cl. The zero-order chi connectivity index (χ0) is 13.9. The predicted octanol–water partition coefficient (Wildman–Crippen LogP) is 1.73. The van der Waals surface area contributed by atoms with Crippen molar-refractivity contribution in [1.29, 1.82) is 5.26 Å². The molecule has 96 valence electrons. The largest absolute Gasteiger partial charge is 0.472 e. The van der Waals surface area contributed by atoms with Crippen molar-refractivity contribution in [3.63, 3.8) is 0 Å². The molecule has 0 fully saturated rings. The highest BCUT2D eigenvalue weighted by atomic mass is 35.7. The van der Waals surface area contributed by atoms with E-state index in [0.29, 0.717) is 0 Å². The Morgan fingerprint density at radius 1 is 1.56 bits per heavy atom. The Morgan fingerprint density at radius 3 is 2.61 bits per heavy atom. The first-order valence-corrected chi connectivity index (χ1v) is 6.81. The van der Waals surface area contributed by atoms with Crippen LogP contribution in [0, 0.1) is 28.4 Å². The maximum Gasteiger partial charge on any atom is 0.312 e. The minimum absolute atomic E-state index is 0.178. The molecule has 0 spiro atoms. The van der Waals surface area contributed by atoms with Gasteiger partial charge in [-0.1, -0.05) is 0 Å². The maximum atomic E-state index is 11.2. The van der Waals surface area contributed by atoms with Crippen molar-refractivity contribution in [1.82, 2.24) is 0 Å².